The minimum absolute atomic E-state index is 0.00562. The minimum atomic E-state index is -1.15. The first-order valence-corrected chi connectivity index (χ1v) is 5.87. The number of carbonyl (C=O) groups is 1. The Morgan fingerprint density at radius 3 is 2.64 bits per heavy atom. The van der Waals surface area contributed by atoms with Crippen molar-refractivity contribution in [3.8, 4) is 0 Å². The molecule has 0 amide bonds. The lowest BCUT2D eigenvalue weighted by atomic mass is 10.1. The number of hydrogen-bond acceptors (Lipinski definition) is 2. The molecular formula is C10H11FO2S. The Morgan fingerprint density at radius 2 is 2.07 bits per heavy atom. The van der Waals surface area contributed by atoms with Gasteiger partial charge in [-0.25, -0.2) is 4.39 Å². The van der Waals surface area contributed by atoms with E-state index in [4.69, 9.17) is 0 Å². The summed E-state index contributed by atoms with van der Waals surface area (Å²) in [7, 11) is -1.15. The van der Waals surface area contributed by atoms with Crippen molar-refractivity contribution in [1.29, 1.82) is 0 Å². The Balaban J connectivity index is 2.65. The van der Waals surface area contributed by atoms with E-state index < -0.39 is 10.8 Å². The summed E-state index contributed by atoms with van der Waals surface area (Å²) in [6, 6.07) is 6.12. The molecule has 0 aliphatic heterocycles. The van der Waals surface area contributed by atoms with Gasteiger partial charge in [0.1, 0.15) is 11.6 Å². The number of rotatable bonds is 4. The molecule has 76 valence electrons. The van der Waals surface area contributed by atoms with Crippen LogP contribution in [0.1, 0.15) is 5.56 Å². The predicted molar refractivity (Wildman–Crippen MR) is 54.0 cm³/mol. The topological polar surface area (TPSA) is 34.1 Å². The molecule has 0 spiro atoms. The molecule has 0 saturated heterocycles. The second-order valence-corrected chi connectivity index (χ2v) is 4.46. The van der Waals surface area contributed by atoms with Crippen molar-refractivity contribution >= 4 is 16.6 Å². The van der Waals surface area contributed by atoms with Gasteiger partial charge in [0.05, 0.1) is 5.75 Å². The summed E-state index contributed by atoms with van der Waals surface area (Å²) < 4.78 is 23.8. The first-order chi connectivity index (χ1) is 6.59. The van der Waals surface area contributed by atoms with Gasteiger partial charge in [-0.2, -0.15) is 0 Å². The summed E-state index contributed by atoms with van der Waals surface area (Å²) in [5, 5.41) is 0. The average molecular weight is 214 g/mol. The maximum atomic E-state index is 13.1. The molecule has 0 heterocycles. The molecule has 4 heteroatoms. The van der Waals surface area contributed by atoms with E-state index in [1.54, 1.807) is 18.2 Å². The lowest BCUT2D eigenvalue weighted by Gasteiger charge is -2.00. The van der Waals surface area contributed by atoms with E-state index in [0.29, 0.717) is 5.56 Å². The molecule has 0 saturated carbocycles. The molecule has 1 aromatic rings. The van der Waals surface area contributed by atoms with Gasteiger partial charge in [-0.05, 0) is 11.6 Å². The Kier molecular flexibility index (Phi) is 3.95. The summed E-state index contributed by atoms with van der Waals surface area (Å²) in [5.41, 5.74) is 0.364. The molecule has 0 N–H and O–H groups in total. The molecule has 1 aromatic carbocycles. The van der Waals surface area contributed by atoms with Crippen molar-refractivity contribution < 1.29 is 13.4 Å². The van der Waals surface area contributed by atoms with Gasteiger partial charge in [0.15, 0.2) is 0 Å². The Bertz CT molecular complexity index is 363. The average Bonchev–Trinajstić information content (AvgIpc) is 2.07. The van der Waals surface area contributed by atoms with E-state index in [-0.39, 0.29) is 23.8 Å². The van der Waals surface area contributed by atoms with Gasteiger partial charge in [-0.3, -0.25) is 9.00 Å². The van der Waals surface area contributed by atoms with E-state index in [1.165, 1.54) is 12.3 Å². The second kappa shape index (κ2) is 5.00. The van der Waals surface area contributed by atoms with E-state index in [0.717, 1.165) is 0 Å². The Hall–Kier alpha value is -1.03. The molecule has 0 radical (unpaired) electrons. The van der Waals surface area contributed by atoms with Crippen LogP contribution in [0.4, 0.5) is 4.39 Å². The van der Waals surface area contributed by atoms with Crippen LogP contribution in [0.5, 0.6) is 0 Å². The third kappa shape index (κ3) is 3.38. The fourth-order valence-electron chi connectivity index (χ4n) is 1.13. The van der Waals surface area contributed by atoms with Crippen LogP contribution in [-0.4, -0.2) is 22.0 Å². The summed E-state index contributed by atoms with van der Waals surface area (Å²) in [4.78, 5) is 11.2. The van der Waals surface area contributed by atoms with Crippen LogP contribution in [0, 0.1) is 5.82 Å². The van der Waals surface area contributed by atoms with E-state index in [9.17, 15) is 13.4 Å². The highest BCUT2D eigenvalue weighted by atomic mass is 32.2. The third-order valence-corrected chi connectivity index (χ3v) is 2.44. The fourth-order valence-corrected chi connectivity index (χ4v) is 1.69. The molecule has 0 aliphatic rings. The molecule has 2 nitrogen and oxygen atoms in total. The highest BCUT2D eigenvalue weighted by Gasteiger charge is 2.08. The summed E-state index contributed by atoms with van der Waals surface area (Å²) in [6.07, 6.45) is 1.48. The fraction of sp³-hybridized carbons (Fsp3) is 0.300. The largest absolute Gasteiger partial charge is 0.298 e. The van der Waals surface area contributed by atoms with Crippen LogP contribution in [-0.2, 0) is 22.0 Å². The van der Waals surface area contributed by atoms with Crippen molar-refractivity contribution in [2.75, 3.05) is 12.0 Å². The van der Waals surface area contributed by atoms with E-state index in [2.05, 4.69) is 0 Å². The summed E-state index contributed by atoms with van der Waals surface area (Å²) in [6.45, 7) is 0. The van der Waals surface area contributed by atoms with Crippen LogP contribution in [0.2, 0.25) is 0 Å². The summed E-state index contributed by atoms with van der Waals surface area (Å²) in [5.74, 6) is -0.590. The summed E-state index contributed by atoms with van der Waals surface area (Å²) >= 11 is 0. The normalized spacial score (nSPS) is 12.4. The Labute approximate surface area is 84.6 Å². The minimum Gasteiger partial charge on any atom is -0.298 e. The zero-order chi connectivity index (χ0) is 10.6. The van der Waals surface area contributed by atoms with Crippen LogP contribution >= 0.6 is 0 Å². The highest BCUT2D eigenvalue weighted by Crippen LogP contribution is 2.07. The number of ketones is 1. The number of halogens is 1. The van der Waals surface area contributed by atoms with Gasteiger partial charge in [0, 0.05) is 23.5 Å². The first kappa shape index (κ1) is 11.0. The van der Waals surface area contributed by atoms with Gasteiger partial charge in [0.2, 0.25) is 0 Å². The monoisotopic (exact) mass is 214 g/mol. The van der Waals surface area contributed by atoms with E-state index in [1.807, 2.05) is 0 Å². The number of carbonyl (C=O) groups excluding carboxylic acids is 1. The van der Waals surface area contributed by atoms with Crippen molar-refractivity contribution in [1.82, 2.24) is 0 Å². The maximum absolute atomic E-state index is 13.1. The lowest BCUT2D eigenvalue weighted by Crippen LogP contribution is -2.12. The van der Waals surface area contributed by atoms with Crippen molar-refractivity contribution in [2.24, 2.45) is 0 Å². The molecular weight excluding hydrogens is 203 g/mol. The van der Waals surface area contributed by atoms with Gasteiger partial charge in [-0.1, -0.05) is 18.2 Å². The number of hydrogen-bond donors (Lipinski definition) is 0. The lowest BCUT2D eigenvalue weighted by molar-refractivity contribution is -0.116. The van der Waals surface area contributed by atoms with Gasteiger partial charge in [0.25, 0.3) is 0 Å². The van der Waals surface area contributed by atoms with Gasteiger partial charge < -0.3 is 0 Å². The van der Waals surface area contributed by atoms with Gasteiger partial charge in [-0.15, -0.1) is 0 Å². The molecule has 0 aromatic heterocycles. The zero-order valence-corrected chi connectivity index (χ0v) is 8.64. The second-order valence-electron chi connectivity index (χ2n) is 3.02. The first-order valence-electron chi connectivity index (χ1n) is 4.14. The van der Waals surface area contributed by atoms with Gasteiger partial charge >= 0.3 is 0 Å². The van der Waals surface area contributed by atoms with Crippen molar-refractivity contribution in [3.05, 3.63) is 35.6 Å². The van der Waals surface area contributed by atoms with Crippen molar-refractivity contribution in [3.63, 3.8) is 0 Å². The van der Waals surface area contributed by atoms with E-state index >= 15 is 0 Å². The SMILES string of the molecule is CS(=O)CC(=O)Cc1ccccc1F. The maximum Gasteiger partial charge on any atom is 0.149 e. The third-order valence-electron chi connectivity index (χ3n) is 1.71. The number of Topliss-reactive ketones (excluding diaryl/α,β-unsaturated/α-hetero) is 1. The molecule has 0 aliphatic carbocycles. The van der Waals surface area contributed by atoms with Crippen LogP contribution < -0.4 is 0 Å². The molecule has 14 heavy (non-hydrogen) atoms. The smallest absolute Gasteiger partial charge is 0.149 e. The van der Waals surface area contributed by atoms with Crippen LogP contribution in [0.15, 0.2) is 24.3 Å². The standard InChI is InChI=1S/C10H11FO2S/c1-14(13)7-9(12)6-8-4-2-3-5-10(8)11/h2-5H,6-7H2,1H3. The molecule has 0 bridgehead atoms. The van der Waals surface area contributed by atoms with Crippen LogP contribution in [0.25, 0.3) is 0 Å². The molecule has 1 rings (SSSR count). The molecule has 0 fully saturated rings. The molecule has 1 unspecified atom stereocenters. The van der Waals surface area contributed by atoms with Crippen molar-refractivity contribution in [2.45, 2.75) is 6.42 Å². The highest BCUT2D eigenvalue weighted by molar-refractivity contribution is 7.85. The quantitative estimate of drug-likeness (QED) is 0.757. The van der Waals surface area contributed by atoms with Crippen LogP contribution in [0.3, 0.4) is 0 Å². The predicted octanol–water partition coefficient (Wildman–Crippen LogP) is 1.32. The zero-order valence-electron chi connectivity index (χ0n) is 7.83. The number of benzene rings is 1. The Morgan fingerprint density at radius 1 is 1.43 bits per heavy atom. The molecule has 1 atom stereocenters.